The molecule has 1 aromatic rings. The molecule has 0 aromatic heterocycles. The molecule has 0 aliphatic rings. The van der Waals surface area contributed by atoms with Crippen molar-refractivity contribution >= 4 is 0 Å². The number of nitrogens with one attached hydrogen (secondary N) is 1. The second kappa shape index (κ2) is 7.39. The first-order valence-corrected chi connectivity index (χ1v) is 6.88. The first-order valence-electron chi connectivity index (χ1n) is 6.88. The van der Waals surface area contributed by atoms with Gasteiger partial charge in [-0.3, -0.25) is 0 Å². The normalized spacial score (nSPS) is 14.6. The number of benzene rings is 1. The van der Waals surface area contributed by atoms with Crippen LogP contribution >= 0.6 is 0 Å². The van der Waals surface area contributed by atoms with Crippen molar-refractivity contribution in [3.63, 3.8) is 0 Å². The Bertz CT molecular complexity index is 443. The lowest BCUT2D eigenvalue weighted by atomic mass is 9.85. The maximum Gasteiger partial charge on any atom is 0.0991 e. The van der Waals surface area contributed by atoms with Crippen LogP contribution in [0.5, 0.6) is 0 Å². The van der Waals surface area contributed by atoms with E-state index in [1.807, 2.05) is 32.9 Å². The highest BCUT2D eigenvalue weighted by atomic mass is 16.3. The zero-order valence-corrected chi connectivity index (χ0v) is 12.4. The standard InChI is InChI=1S/C16H24N2O2/c1-16(2,3)15(20)8-14(11-19)18-10-13-6-4-12(9-17)5-7-13/h4-7,14-15,18-20H,8,10-11H2,1-3H3/t14-,15+/m1/s1. The molecule has 4 heteroatoms. The zero-order chi connectivity index (χ0) is 15.2. The highest BCUT2D eigenvalue weighted by Gasteiger charge is 2.25. The van der Waals surface area contributed by atoms with Crippen LogP contribution in [0, 0.1) is 16.7 Å². The minimum atomic E-state index is -0.465. The van der Waals surface area contributed by atoms with Crippen LogP contribution in [0.15, 0.2) is 24.3 Å². The lowest BCUT2D eigenvalue weighted by Gasteiger charge is -2.29. The Labute approximate surface area is 121 Å². The second-order valence-corrected chi connectivity index (χ2v) is 6.19. The molecular weight excluding hydrogens is 252 g/mol. The Kier molecular flexibility index (Phi) is 6.15. The van der Waals surface area contributed by atoms with E-state index in [9.17, 15) is 10.2 Å². The molecule has 0 saturated carbocycles. The Morgan fingerprint density at radius 2 is 1.85 bits per heavy atom. The van der Waals surface area contributed by atoms with E-state index in [-0.39, 0.29) is 18.1 Å². The maximum absolute atomic E-state index is 10.1. The lowest BCUT2D eigenvalue weighted by Crippen LogP contribution is -2.39. The van der Waals surface area contributed by atoms with Crippen LogP contribution in [-0.4, -0.2) is 29.0 Å². The lowest BCUT2D eigenvalue weighted by molar-refractivity contribution is 0.0389. The van der Waals surface area contributed by atoms with E-state index in [0.29, 0.717) is 18.5 Å². The van der Waals surface area contributed by atoms with Crippen molar-refractivity contribution in [2.45, 2.75) is 45.9 Å². The fourth-order valence-electron chi connectivity index (χ4n) is 1.80. The summed E-state index contributed by atoms with van der Waals surface area (Å²) in [5, 5.41) is 31.4. The molecule has 3 N–H and O–H groups in total. The van der Waals surface area contributed by atoms with Gasteiger partial charge in [0, 0.05) is 12.6 Å². The molecule has 0 spiro atoms. The Morgan fingerprint density at radius 1 is 1.25 bits per heavy atom. The number of hydrogen-bond donors (Lipinski definition) is 3. The van der Waals surface area contributed by atoms with Gasteiger partial charge in [0.1, 0.15) is 0 Å². The molecular formula is C16H24N2O2. The second-order valence-electron chi connectivity index (χ2n) is 6.19. The van der Waals surface area contributed by atoms with E-state index >= 15 is 0 Å². The van der Waals surface area contributed by atoms with Gasteiger partial charge in [0.15, 0.2) is 0 Å². The summed E-state index contributed by atoms with van der Waals surface area (Å²) in [6.45, 7) is 6.53. The number of hydrogen-bond acceptors (Lipinski definition) is 4. The molecule has 0 aliphatic heterocycles. The molecule has 0 saturated heterocycles. The van der Waals surface area contributed by atoms with Gasteiger partial charge in [-0.25, -0.2) is 0 Å². The van der Waals surface area contributed by atoms with Crippen LogP contribution in [0.4, 0.5) is 0 Å². The first kappa shape index (κ1) is 16.6. The van der Waals surface area contributed by atoms with Gasteiger partial charge in [0.25, 0.3) is 0 Å². The maximum atomic E-state index is 10.1. The van der Waals surface area contributed by atoms with Gasteiger partial charge in [-0.1, -0.05) is 32.9 Å². The Morgan fingerprint density at radius 3 is 2.30 bits per heavy atom. The molecule has 0 radical (unpaired) electrons. The topological polar surface area (TPSA) is 76.3 Å². The minimum absolute atomic E-state index is 0.0105. The molecule has 0 fully saturated rings. The third kappa shape index (κ3) is 5.30. The number of aliphatic hydroxyl groups is 2. The Balaban J connectivity index is 2.50. The molecule has 110 valence electrons. The molecule has 0 bridgehead atoms. The van der Waals surface area contributed by atoms with Crippen molar-refractivity contribution in [3.05, 3.63) is 35.4 Å². The molecule has 0 amide bonds. The van der Waals surface area contributed by atoms with Gasteiger partial charge >= 0.3 is 0 Å². The predicted octanol–water partition coefficient (Wildman–Crippen LogP) is 1.81. The highest BCUT2D eigenvalue weighted by molar-refractivity contribution is 5.31. The van der Waals surface area contributed by atoms with Crippen molar-refractivity contribution in [2.75, 3.05) is 6.61 Å². The molecule has 1 aromatic carbocycles. The van der Waals surface area contributed by atoms with Crippen LogP contribution in [0.25, 0.3) is 0 Å². The minimum Gasteiger partial charge on any atom is -0.395 e. The van der Waals surface area contributed by atoms with Gasteiger partial charge < -0.3 is 15.5 Å². The van der Waals surface area contributed by atoms with Crippen molar-refractivity contribution in [1.29, 1.82) is 5.26 Å². The summed E-state index contributed by atoms with van der Waals surface area (Å²) >= 11 is 0. The monoisotopic (exact) mass is 276 g/mol. The number of nitrogens with zero attached hydrogens (tertiary/aromatic N) is 1. The van der Waals surface area contributed by atoms with Crippen LogP contribution in [0.3, 0.4) is 0 Å². The summed E-state index contributed by atoms with van der Waals surface area (Å²) in [6.07, 6.45) is 0.0455. The van der Waals surface area contributed by atoms with Crippen molar-refractivity contribution in [1.82, 2.24) is 5.32 Å². The highest BCUT2D eigenvalue weighted by Crippen LogP contribution is 2.22. The van der Waals surface area contributed by atoms with Crippen LogP contribution in [-0.2, 0) is 6.54 Å². The summed E-state index contributed by atoms with van der Waals surface area (Å²) in [7, 11) is 0. The summed E-state index contributed by atoms with van der Waals surface area (Å²) in [5.41, 5.74) is 1.49. The number of rotatable bonds is 6. The fourth-order valence-corrected chi connectivity index (χ4v) is 1.80. The van der Waals surface area contributed by atoms with Gasteiger partial charge in [0.2, 0.25) is 0 Å². The van der Waals surface area contributed by atoms with E-state index in [1.165, 1.54) is 0 Å². The SMILES string of the molecule is CC(C)(C)[C@@H](O)C[C@H](CO)NCc1ccc(C#N)cc1. The number of nitriles is 1. The first-order chi connectivity index (χ1) is 9.36. The number of aliphatic hydroxyl groups excluding tert-OH is 2. The van der Waals surface area contributed by atoms with E-state index in [4.69, 9.17) is 5.26 Å². The van der Waals surface area contributed by atoms with Crippen LogP contribution in [0.1, 0.15) is 38.3 Å². The van der Waals surface area contributed by atoms with Crippen molar-refractivity contribution in [3.8, 4) is 6.07 Å². The van der Waals surface area contributed by atoms with Crippen LogP contribution < -0.4 is 5.32 Å². The van der Waals surface area contributed by atoms with Crippen molar-refractivity contribution in [2.24, 2.45) is 5.41 Å². The Hall–Kier alpha value is -1.41. The zero-order valence-electron chi connectivity index (χ0n) is 12.4. The molecule has 0 heterocycles. The molecule has 0 unspecified atom stereocenters. The average molecular weight is 276 g/mol. The molecule has 0 aliphatic carbocycles. The average Bonchev–Trinajstić information content (AvgIpc) is 2.42. The van der Waals surface area contributed by atoms with E-state index < -0.39 is 6.10 Å². The predicted molar refractivity (Wildman–Crippen MR) is 78.9 cm³/mol. The van der Waals surface area contributed by atoms with E-state index in [2.05, 4.69) is 11.4 Å². The third-order valence-electron chi connectivity index (χ3n) is 3.41. The summed E-state index contributed by atoms with van der Waals surface area (Å²) in [6, 6.07) is 9.26. The van der Waals surface area contributed by atoms with E-state index in [1.54, 1.807) is 12.1 Å². The summed E-state index contributed by atoms with van der Waals surface area (Å²) in [4.78, 5) is 0. The largest absolute Gasteiger partial charge is 0.395 e. The summed E-state index contributed by atoms with van der Waals surface area (Å²) in [5.74, 6) is 0. The molecule has 1 rings (SSSR count). The smallest absolute Gasteiger partial charge is 0.0991 e. The van der Waals surface area contributed by atoms with Gasteiger partial charge in [-0.05, 0) is 29.5 Å². The summed E-state index contributed by atoms with van der Waals surface area (Å²) < 4.78 is 0. The van der Waals surface area contributed by atoms with Gasteiger partial charge in [0.05, 0.1) is 24.3 Å². The molecule has 20 heavy (non-hydrogen) atoms. The van der Waals surface area contributed by atoms with Gasteiger partial charge in [-0.2, -0.15) is 5.26 Å². The quantitative estimate of drug-likeness (QED) is 0.740. The fraction of sp³-hybridized carbons (Fsp3) is 0.562. The van der Waals surface area contributed by atoms with Crippen LogP contribution in [0.2, 0.25) is 0 Å². The van der Waals surface area contributed by atoms with Crippen molar-refractivity contribution < 1.29 is 10.2 Å². The van der Waals surface area contributed by atoms with E-state index in [0.717, 1.165) is 5.56 Å². The third-order valence-corrected chi connectivity index (χ3v) is 3.41. The molecule has 2 atom stereocenters. The van der Waals surface area contributed by atoms with Gasteiger partial charge in [-0.15, -0.1) is 0 Å². The molecule has 4 nitrogen and oxygen atoms in total.